The Hall–Kier alpha value is -2.10. The summed E-state index contributed by atoms with van der Waals surface area (Å²) in [6.07, 6.45) is 5.67. The van der Waals surface area contributed by atoms with Gasteiger partial charge in [0.05, 0.1) is 12.0 Å². The monoisotopic (exact) mass is 287 g/mol. The van der Waals surface area contributed by atoms with Gasteiger partial charge in [0.25, 0.3) is 0 Å². The standard InChI is InChI=1S/C17H21NO3/c1-13-8-4-2-7-11-16(19)18-15(12-21-17(13)20)14-9-5-3-6-10-14/h2-6,9-10,13,15H,7-8,11-12H2,1H3,(H,18,19)/b4-2+/t13-,15-/m1/s1. The second kappa shape index (κ2) is 7.62. The van der Waals surface area contributed by atoms with Crippen LogP contribution in [0.3, 0.4) is 0 Å². The summed E-state index contributed by atoms with van der Waals surface area (Å²) in [5, 5.41) is 2.94. The van der Waals surface area contributed by atoms with Gasteiger partial charge in [-0.05, 0) is 18.4 Å². The van der Waals surface area contributed by atoms with Crippen molar-refractivity contribution in [3.05, 3.63) is 48.0 Å². The van der Waals surface area contributed by atoms with Gasteiger partial charge in [0.2, 0.25) is 5.91 Å². The quantitative estimate of drug-likeness (QED) is 0.638. The Bertz CT molecular complexity index is 510. The van der Waals surface area contributed by atoms with Gasteiger partial charge >= 0.3 is 5.97 Å². The maximum Gasteiger partial charge on any atom is 0.309 e. The zero-order chi connectivity index (χ0) is 15.1. The van der Waals surface area contributed by atoms with Crippen LogP contribution in [-0.2, 0) is 14.3 Å². The smallest absolute Gasteiger partial charge is 0.309 e. The van der Waals surface area contributed by atoms with Crippen molar-refractivity contribution < 1.29 is 14.3 Å². The fourth-order valence-corrected chi connectivity index (χ4v) is 2.21. The molecule has 1 heterocycles. The first kappa shape index (κ1) is 15.3. The lowest BCUT2D eigenvalue weighted by Gasteiger charge is -2.20. The number of esters is 1. The number of carbonyl (C=O) groups excluding carboxylic acids is 2. The number of allylic oxidation sites excluding steroid dienone is 2. The Kier molecular flexibility index (Phi) is 5.55. The number of benzene rings is 1. The molecule has 1 amide bonds. The van der Waals surface area contributed by atoms with Gasteiger partial charge in [0, 0.05) is 6.42 Å². The molecule has 0 bridgehead atoms. The first-order chi connectivity index (χ1) is 10.2. The highest BCUT2D eigenvalue weighted by atomic mass is 16.5. The largest absolute Gasteiger partial charge is 0.463 e. The van der Waals surface area contributed by atoms with E-state index in [1.165, 1.54) is 0 Å². The summed E-state index contributed by atoms with van der Waals surface area (Å²) < 4.78 is 5.35. The molecule has 1 aromatic carbocycles. The molecule has 0 radical (unpaired) electrons. The third-order valence-corrected chi connectivity index (χ3v) is 3.53. The third-order valence-electron chi connectivity index (χ3n) is 3.53. The molecule has 2 atom stereocenters. The highest BCUT2D eigenvalue weighted by Gasteiger charge is 2.19. The minimum atomic E-state index is -0.293. The van der Waals surface area contributed by atoms with Crippen LogP contribution in [0.15, 0.2) is 42.5 Å². The van der Waals surface area contributed by atoms with E-state index in [0.29, 0.717) is 19.3 Å². The Morgan fingerprint density at radius 1 is 1.14 bits per heavy atom. The fourth-order valence-electron chi connectivity index (χ4n) is 2.21. The van der Waals surface area contributed by atoms with Crippen molar-refractivity contribution in [2.24, 2.45) is 5.92 Å². The van der Waals surface area contributed by atoms with Crippen molar-refractivity contribution >= 4 is 11.9 Å². The van der Waals surface area contributed by atoms with E-state index in [9.17, 15) is 9.59 Å². The zero-order valence-electron chi connectivity index (χ0n) is 12.2. The molecule has 1 aliphatic heterocycles. The van der Waals surface area contributed by atoms with Gasteiger partial charge in [-0.1, -0.05) is 49.4 Å². The molecule has 1 aliphatic rings. The molecule has 0 saturated carbocycles. The molecule has 4 nitrogen and oxygen atoms in total. The Balaban J connectivity index is 2.13. The molecule has 0 spiro atoms. The minimum absolute atomic E-state index is 0.0295. The van der Waals surface area contributed by atoms with Crippen molar-refractivity contribution in [3.63, 3.8) is 0 Å². The summed E-state index contributed by atoms with van der Waals surface area (Å²) in [6.45, 7) is 2.02. The third kappa shape index (κ3) is 4.74. The Morgan fingerprint density at radius 2 is 1.90 bits per heavy atom. The van der Waals surface area contributed by atoms with Gasteiger partial charge in [-0.15, -0.1) is 0 Å². The van der Waals surface area contributed by atoms with Crippen LogP contribution < -0.4 is 5.32 Å². The molecule has 0 unspecified atom stereocenters. The molecule has 0 fully saturated rings. The lowest BCUT2D eigenvalue weighted by molar-refractivity contribution is -0.149. The maximum absolute atomic E-state index is 11.9. The van der Waals surface area contributed by atoms with Gasteiger partial charge in [0.1, 0.15) is 6.61 Å². The average Bonchev–Trinajstić information content (AvgIpc) is 2.50. The van der Waals surface area contributed by atoms with Crippen LogP contribution in [-0.4, -0.2) is 18.5 Å². The second-order valence-corrected chi connectivity index (χ2v) is 5.31. The maximum atomic E-state index is 11.9. The molecule has 0 aromatic heterocycles. The fraction of sp³-hybridized carbons (Fsp3) is 0.412. The summed E-state index contributed by atoms with van der Waals surface area (Å²) in [4.78, 5) is 23.9. The predicted molar refractivity (Wildman–Crippen MR) is 80.4 cm³/mol. The van der Waals surface area contributed by atoms with Crippen LogP contribution in [0.1, 0.15) is 37.8 Å². The molecule has 0 saturated heterocycles. The summed E-state index contributed by atoms with van der Waals surface area (Å²) in [5.74, 6) is -0.415. The van der Waals surface area contributed by atoms with Crippen LogP contribution in [0.5, 0.6) is 0 Å². The molecule has 4 heteroatoms. The lowest BCUT2D eigenvalue weighted by Crippen LogP contribution is -2.32. The summed E-state index contributed by atoms with van der Waals surface area (Å²) >= 11 is 0. The molecule has 112 valence electrons. The highest BCUT2D eigenvalue weighted by Crippen LogP contribution is 2.16. The van der Waals surface area contributed by atoms with E-state index in [-0.39, 0.29) is 30.4 Å². The number of hydrogen-bond donors (Lipinski definition) is 1. The molecular formula is C17H21NO3. The Morgan fingerprint density at radius 3 is 2.67 bits per heavy atom. The van der Waals surface area contributed by atoms with E-state index >= 15 is 0 Å². The average molecular weight is 287 g/mol. The van der Waals surface area contributed by atoms with Gasteiger partial charge < -0.3 is 10.1 Å². The van der Waals surface area contributed by atoms with Crippen LogP contribution in [0, 0.1) is 5.92 Å². The van der Waals surface area contributed by atoms with Crippen molar-refractivity contribution in [2.45, 2.75) is 32.2 Å². The van der Waals surface area contributed by atoms with Crippen LogP contribution in [0.2, 0.25) is 0 Å². The van der Waals surface area contributed by atoms with Crippen molar-refractivity contribution in [1.29, 1.82) is 0 Å². The number of rotatable bonds is 1. The molecule has 2 rings (SSSR count). The molecule has 21 heavy (non-hydrogen) atoms. The number of ether oxygens (including phenoxy) is 1. The Labute approximate surface area is 125 Å². The minimum Gasteiger partial charge on any atom is -0.463 e. The molecule has 1 aromatic rings. The van der Waals surface area contributed by atoms with Gasteiger partial charge in [0.15, 0.2) is 0 Å². The van der Waals surface area contributed by atoms with Crippen LogP contribution in [0.25, 0.3) is 0 Å². The topological polar surface area (TPSA) is 55.4 Å². The number of amides is 1. The number of nitrogens with one attached hydrogen (secondary N) is 1. The van der Waals surface area contributed by atoms with E-state index in [1.54, 1.807) is 0 Å². The van der Waals surface area contributed by atoms with Crippen LogP contribution >= 0.6 is 0 Å². The lowest BCUT2D eigenvalue weighted by atomic mass is 10.1. The van der Waals surface area contributed by atoms with Gasteiger partial charge in [-0.3, -0.25) is 9.59 Å². The molecule has 0 aliphatic carbocycles. The van der Waals surface area contributed by atoms with E-state index in [4.69, 9.17) is 4.74 Å². The number of hydrogen-bond acceptors (Lipinski definition) is 3. The van der Waals surface area contributed by atoms with E-state index in [0.717, 1.165) is 5.56 Å². The SMILES string of the molecule is C[C@@H]1C/C=C/CCC(=O)N[C@@H](c2ccccc2)COC1=O. The summed E-state index contributed by atoms with van der Waals surface area (Å²) in [7, 11) is 0. The number of cyclic esters (lactones) is 1. The van der Waals surface area contributed by atoms with Crippen LogP contribution in [0.4, 0.5) is 0 Å². The molecule has 1 N–H and O–H groups in total. The van der Waals surface area contributed by atoms with E-state index < -0.39 is 0 Å². The first-order valence-corrected chi connectivity index (χ1v) is 7.32. The molecular weight excluding hydrogens is 266 g/mol. The zero-order valence-corrected chi connectivity index (χ0v) is 12.2. The summed E-state index contributed by atoms with van der Waals surface area (Å²) in [6, 6.07) is 9.29. The van der Waals surface area contributed by atoms with E-state index in [1.807, 2.05) is 49.4 Å². The van der Waals surface area contributed by atoms with Gasteiger partial charge in [-0.25, -0.2) is 0 Å². The first-order valence-electron chi connectivity index (χ1n) is 7.32. The normalized spacial score (nSPS) is 26.0. The van der Waals surface area contributed by atoms with Gasteiger partial charge in [-0.2, -0.15) is 0 Å². The predicted octanol–water partition coefficient (Wildman–Crippen LogP) is 2.76. The highest BCUT2D eigenvalue weighted by molar-refractivity contribution is 5.77. The van der Waals surface area contributed by atoms with Crippen molar-refractivity contribution in [3.8, 4) is 0 Å². The number of carbonyl (C=O) groups is 2. The second-order valence-electron chi connectivity index (χ2n) is 5.31. The summed E-state index contributed by atoms with van der Waals surface area (Å²) in [5.41, 5.74) is 0.943. The van der Waals surface area contributed by atoms with Crippen molar-refractivity contribution in [1.82, 2.24) is 5.32 Å². The van der Waals surface area contributed by atoms with E-state index in [2.05, 4.69) is 5.32 Å². The van der Waals surface area contributed by atoms with Crippen molar-refractivity contribution in [2.75, 3.05) is 6.61 Å².